The molecular weight excluding hydrogens is 306 g/mol. The molecule has 4 nitrogen and oxygen atoms in total. The molecule has 3 aromatic rings. The number of hydrogen-bond acceptors (Lipinski definition) is 3. The summed E-state index contributed by atoms with van der Waals surface area (Å²) in [5, 5.41) is 4.99. The number of thiophene rings is 1. The summed E-state index contributed by atoms with van der Waals surface area (Å²) in [7, 11) is 2.09. The molecule has 0 saturated heterocycles. The van der Waals surface area contributed by atoms with Crippen LogP contribution >= 0.6 is 11.3 Å². The van der Waals surface area contributed by atoms with Crippen LogP contribution in [0.2, 0.25) is 0 Å². The summed E-state index contributed by atoms with van der Waals surface area (Å²) in [4.78, 5) is 17.8. The van der Waals surface area contributed by atoms with Crippen LogP contribution in [0.3, 0.4) is 0 Å². The maximum Gasteiger partial charge on any atom is 0.225 e. The minimum absolute atomic E-state index is 0.0623. The molecule has 4 rings (SSSR count). The molecule has 1 aliphatic rings. The molecule has 1 saturated carbocycles. The quantitative estimate of drug-likeness (QED) is 0.782. The van der Waals surface area contributed by atoms with Gasteiger partial charge in [0.05, 0.1) is 17.5 Å². The Morgan fingerprint density at radius 3 is 3.00 bits per heavy atom. The number of aryl methyl sites for hydroxylation is 1. The molecule has 0 atom stereocenters. The summed E-state index contributed by atoms with van der Waals surface area (Å²) in [6.07, 6.45) is 2.96. The molecule has 2 aromatic heterocycles. The average molecular weight is 325 g/mol. The van der Waals surface area contributed by atoms with E-state index < -0.39 is 0 Å². The normalized spacial score (nSPS) is 14.3. The highest BCUT2D eigenvalue weighted by molar-refractivity contribution is 7.10. The Kier molecular flexibility index (Phi) is 3.65. The van der Waals surface area contributed by atoms with Crippen LogP contribution in [0.15, 0.2) is 35.7 Å². The van der Waals surface area contributed by atoms with Crippen LogP contribution < -0.4 is 5.32 Å². The van der Waals surface area contributed by atoms with Gasteiger partial charge >= 0.3 is 0 Å². The Bertz CT molecular complexity index is 847. The van der Waals surface area contributed by atoms with Gasteiger partial charge in [0, 0.05) is 24.4 Å². The molecule has 1 N–H and O–H groups in total. The van der Waals surface area contributed by atoms with Crippen molar-refractivity contribution in [2.75, 3.05) is 0 Å². The molecule has 1 amide bonds. The van der Waals surface area contributed by atoms with E-state index in [1.807, 2.05) is 17.5 Å². The molecule has 0 aliphatic heterocycles. The topological polar surface area (TPSA) is 46.9 Å². The number of rotatable bonds is 5. The van der Waals surface area contributed by atoms with Gasteiger partial charge in [-0.2, -0.15) is 0 Å². The van der Waals surface area contributed by atoms with Gasteiger partial charge in [-0.25, -0.2) is 4.98 Å². The van der Waals surface area contributed by atoms with Crippen LogP contribution in [-0.4, -0.2) is 15.5 Å². The van der Waals surface area contributed by atoms with E-state index in [0.717, 1.165) is 16.0 Å². The Balaban J connectivity index is 1.45. The monoisotopic (exact) mass is 325 g/mol. The van der Waals surface area contributed by atoms with E-state index >= 15 is 0 Å². The average Bonchev–Trinajstić information content (AvgIpc) is 3.17. The molecule has 0 unspecified atom stereocenters. The minimum Gasteiger partial charge on any atom is -0.352 e. The molecule has 1 aliphatic carbocycles. The molecule has 1 aromatic carbocycles. The van der Waals surface area contributed by atoms with Crippen LogP contribution in [0, 0.1) is 0 Å². The maximum absolute atomic E-state index is 12.0. The summed E-state index contributed by atoms with van der Waals surface area (Å²) >= 11 is 1.61. The second kappa shape index (κ2) is 5.81. The largest absolute Gasteiger partial charge is 0.352 e. The predicted molar refractivity (Wildman–Crippen MR) is 92.6 cm³/mol. The fourth-order valence-electron chi connectivity index (χ4n) is 2.92. The highest BCUT2D eigenvalue weighted by Gasteiger charge is 2.28. The van der Waals surface area contributed by atoms with Crippen LogP contribution in [0.4, 0.5) is 0 Å². The SMILES string of the molecule is Cn1c(C2CC2)nc2cc(CNC(=O)Cc3cccs3)ccc21. The fraction of sp³-hybridized carbons (Fsp3) is 0.333. The molecule has 2 heterocycles. The van der Waals surface area contributed by atoms with Crippen molar-refractivity contribution in [1.82, 2.24) is 14.9 Å². The summed E-state index contributed by atoms with van der Waals surface area (Å²) in [6, 6.07) is 10.2. The van der Waals surface area contributed by atoms with Gasteiger partial charge in [0.15, 0.2) is 0 Å². The van der Waals surface area contributed by atoms with Gasteiger partial charge in [0.25, 0.3) is 0 Å². The maximum atomic E-state index is 12.0. The standard InChI is InChI=1S/C18H19N3OS/c1-21-16-7-4-12(9-15(16)20-18(21)13-5-6-13)11-19-17(22)10-14-3-2-8-23-14/h2-4,7-9,13H,5-6,10-11H2,1H3,(H,19,22). The zero-order valence-corrected chi connectivity index (χ0v) is 13.9. The van der Waals surface area contributed by atoms with Gasteiger partial charge in [-0.3, -0.25) is 4.79 Å². The second-order valence-electron chi connectivity index (χ2n) is 6.16. The van der Waals surface area contributed by atoms with Crippen molar-refractivity contribution >= 4 is 28.3 Å². The first kappa shape index (κ1) is 14.5. The number of carbonyl (C=O) groups is 1. The highest BCUT2D eigenvalue weighted by Crippen LogP contribution is 2.40. The lowest BCUT2D eigenvalue weighted by molar-refractivity contribution is -0.120. The zero-order chi connectivity index (χ0) is 15.8. The van der Waals surface area contributed by atoms with Crippen molar-refractivity contribution in [3.63, 3.8) is 0 Å². The zero-order valence-electron chi connectivity index (χ0n) is 13.1. The number of benzene rings is 1. The third kappa shape index (κ3) is 3.01. The summed E-state index contributed by atoms with van der Waals surface area (Å²) < 4.78 is 2.20. The smallest absolute Gasteiger partial charge is 0.225 e. The lowest BCUT2D eigenvalue weighted by atomic mass is 10.2. The molecule has 23 heavy (non-hydrogen) atoms. The Morgan fingerprint density at radius 1 is 1.39 bits per heavy atom. The van der Waals surface area contributed by atoms with E-state index in [0.29, 0.717) is 18.9 Å². The van der Waals surface area contributed by atoms with Crippen molar-refractivity contribution in [3.05, 3.63) is 52.0 Å². The van der Waals surface area contributed by atoms with E-state index in [1.54, 1.807) is 11.3 Å². The Labute approximate surface area is 139 Å². The second-order valence-corrected chi connectivity index (χ2v) is 7.19. The van der Waals surface area contributed by atoms with E-state index in [4.69, 9.17) is 4.98 Å². The van der Waals surface area contributed by atoms with Crippen LogP contribution in [-0.2, 0) is 24.8 Å². The van der Waals surface area contributed by atoms with E-state index in [2.05, 4.69) is 35.1 Å². The van der Waals surface area contributed by atoms with Crippen molar-refractivity contribution in [2.45, 2.75) is 31.7 Å². The number of aromatic nitrogens is 2. The number of hydrogen-bond donors (Lipinski definition) is 1. The number of nitrogens with one attached hydrogen (secondary N) is 1. The van der Waals surface area contributed by atoms with Crippen molar-refractivity contribution in [1.29, 1.82) is 0 Å². The highest BCUT2D eigenvalue weighted by atomic mass is 32.1. The van der Waals surface area contributed by atoms with Crippen LogP contribution in [0.5, 0.6) is 0 Å². The summed E-state index contributed by atoms with van der Waals surface area (Å²) in [5.41, 5.74) is 3.29. The first-order valence-corrected chi connectivity index (χ1v) is 8.83. The lowest BCUT2D eigenvalue weighted by Gasteiger charge is -2.05. The molecule has 1 fully saturated rings. The van der Waals surface area contributed by atoms with Gasteiger partial charge in [0.1, 0.15) is 5.82 Å². The van der Waals surface area contributed by atoms with Gasteiger partial charge in [-0.05, 0) is 42.0 Å². The third-order valence-corrected chi connectivity index (χ3v) is 5.20. The molecule has 0 spiro atoms. The Hall–Kier alpha value is -2.14. The number of amides is 1. The number of nitrogens with zero attached hydrogens (tertiary/aromatic N) is 2. The van der Waals surface area contributed by atoms with Gasteiger partial charge in [-0.1, -0.05) is 12.1 Å². The van der Waals surface area contributed by atoms with Crippen LogP contribution in [0.1, 0.15) is 35.0 Å². The van der Waals surface area contributed by atoms with E-state index in [1.165, 1.54) is 24.2 Å². The van der Waals surface area contributed by atoms with Gasteiger partial charge in [0.2, 0.25) is 5.91 Å². The van der Waals surface area contributed by atoms with Crippen molar-refractivity contribution in [2.24, 2.45) is 7.05 Å². The fourth-order valence-corrected chi connectivity index (χ4v) is 3.62. The number of imidazole rings is 1. The molecule has 0 bridgehead atoms. The first-order valence-electron chi connectivity index (χ1n) is 7.95. The first-order chi connectivity index (χ1) is 11.2. The molecular formula is C18H19N3OS. The molecule has 0 radical (unpaired) electrons. The summed E-state index contributed by atoms with van der Waals surface area (Å²) in [6.45, 7) is 0.551. The number of carbonyl (C=O) groups excluding carboxylic acids is 1. The number of fused-ring (bicyclic) bond motifs is 1. The predicted octanol–water partition coefficient (Wildman–Crippen LogP) is 3.37. The molecule has 118 valence electrons. The van der Waals surface area contributed by atoms with Gasteiger partial charge < -0.3 is 9.88 Å². The Morgan fingerprint density at radius 2 is 2.26 bits per heavy atom. The summed E-state index contributed by atoms with van der Waals surface area (Å²) in [5.74, 6) is 1.90. The van der Waals surface area contributed by atoms with Gasteiger partial charge in [-0.15, -0.1) is 11.3 Å². The van der Waals surface area contributed by atoms with E-state index in [9.17, 15) is 4.79 Å². The van der Waals surface area contributed by atoms with Crippen molar-refractivity contribution in [3.8, 4) is 0 Å². The third-order valence-electron chi connectivity index (χ3n) is 4.33. The lowest BCUT2D eigenvalue weighted by Crippen LogP contribution is -2.24. The van der Waals surface area contributed by atoms with Crippen molar-refractivity contribution < 1.29 is 4.79 Å². The van der Waals surface area contributed by atoms with E-state index in [-0.39, 0.29) is 5.91 Å². The molecule has 5 heteroatoms. The van der Waals surface area contributed by atoms with Crippen LogP contribution in [0.25, 0.3) is 11.0 Å². The minimum atomic E-state index is 0.0623.